The van der Waals surface area contributed by atoms with E-state index in [-0.39, 0.29) is 19.0 Å². The van der Waals surface area contributed by atoms with Crippen LogP contribution >= 0.6 is 11.3 Å². The zero-order valence-corrected chi connectivity index (χ0v) is 19.2. The number of carbonyl (C=O) groups excluding carboxylic acids is 4. The van der Waals surface area contributed by atoms with E-state index in [1.165, 1.54) is 11.3 Å². The van der Waals surface area contributed by atoms with Crippen LogP contribution in [-0.4, -0.2) is 48.7 Å². The minimum Gasteiger partial charge on any atom is -0.462 e. The van der Waals surface area contributed by atoms with E-state index in [2.05, 4.69) is 10.6 Å². The molecule has 3 heterocycles. The van der Waals surface area contributed by atoms with Crippen molar-refractivity contribution < 1.29 is 33.4 Å². The van der Waals surface area contributed by atoms with Crippen LogP contribution in [0.5, 0.6) is 11.5 Å². The van der Waals surface area contributed by atoms with Gasteiger partial charge in [0.05, 0.1) is 12.2 Å². The van der Waals surface area contributed by atoms with Gasteiger partial charge in [-0.1, -0.05) is 13.0 Å². The van der Waals surface area contributed by atoms with Crippen LogP contribution in [0.25, 0.3) is 0 Å². The molecule has 1 aromatic carbocycles. The lowest BCUT2D eigenvalue weighted by atomic mass is 9.91. The number of thiophene rings is 1. The predicted molar refractivity (Wildman–Crippen MR) is 118 cm³/mol. The summed E-state index contributed by atoms with van der Waals surface area (Å²) in [5, 5.41) is 5.62. The van der Waals surface area contributed by atoms with Crippen LogP contribution in [0.15, 0.2) is 24.3 Å². The molecule has 0 aliphatic carbocycles. The van der Waals surface area contributed by atoms with Crippen LogP contribution in [0.2, 0.25) is 0 Å². The number of benzene rings is 1. The molecule has 1 unspecified atom stereocenters. The van der Waals surface area contributed by atoms with Crippen molar-refractivity contribution in [1.29, 1.82) is 0 Å². The summed E-state index contributed by atoms with van der Waals surface area (Å²) >= 11 is 1.25. The van der Waals surface area contributed by atoms with Crippen LogP contribution in [0.1, 0.15) is 41.6 Å². The summed E-state index contributed by atoms with van der Waals surface area (Å²) in [6, 6.07) is 5.94. The quantitative estimate of drug-likeness (QED) is 0.468. The lowest BCUT2D eigenvalue weighted by Crippen LogP contribution is -2.42. The molecule has 1 fully saturated rings. The number of nitrogens with zero attached hydrogens (tertiary/aromatic N) is 1. The van der Waals surface area contributed by atoms with Crippen molar-refractivity contribution in [2.24, 2.45) is 0 Å². The molecule has 0 saturated carbocycles. The first-order valence-electron chi connectivity index (χ1n) is 10.4. The lowest BCUT2D eigenvalue weighted by Gasteiger charge is -2.22. The molecule has 1 aromatic heterocycles. The molecule has 4 rings (SSSR count). The summed E-state index contributed by atoms with van der Waals surface area (Å²) in [6.07, 6.45) is 0.674. The molecule has 0 spiro atoms. The van der Waals surface area contributed by atoms with Crippen LogP contribution < -0.4 is 20.1 Å². The second-order valence-corrected chi connectivity index (χ2v) is 8.73. The normalized spacial score (nSPS) is 18.9. The summed E-state index contributed by atoms with van der Waals surface area (Å²) in [4.78, 5) is 52.4. The van der Waals surface area contributed by atoms with Gasteiger partial charge in [0, 0.05) is 4.88 Å². The van der Waals surface area contributed by atoms with E-state index in [4.69, 9.17) is 14.2 Å². The van der Waals surface area contributed by atoms with Gasteiger partial charge in [-0.15, -0.1) is 11.3 Å². The summed E-state index contributed by atoms with van der Waals surface area (Å²) in [5.74, 6) is -0.705. The molecular formula is C22H23N3O7S. The van der Waals surface area contributed by atoms with E-state index in [0.29, 0.717) is 28.5 Å². The Hall–Kier alpha value is -3.60. The van der Waals surface area contributed by atoms with Gasteiger partial charge in [-0.3, -0.25) is 14.5 Å². The highest BCUT2D eigenvalue weighted by Crippen LogP contribution is 2.38. The fourth-order valence-electron chi connectivity index (χ4n) is 3.62. The molecule has 2 N–H and O–H groups in total. The molecular weight excluding hydrogens is 450 g/mol. The summed E-state index contributed by atoms with van der Waals surface area (Å²) in [7, 11) is 0. The fourth-order valence-corrected chi connectivity index (χ4v) is 4.62. The van der Waals surface area contributed by atoms with Crippen molar-refractivity contribution >= 4 is 40.2 Å². The Bertz CT molecular complexity index is 1150. The number of fused-ring (bicyclic) bond motifs is 1. The van der Waals surface area contributed by atoms with Gasteiger partial charge in [0.15, 0.2) is 11.5 Å². The number of imide groups is 1. The molecule has 11 heteroatoms. The van der Waals surface area contributed by atoms with Crippen LogP contribution in [0.4, 0.5) is 9.80 Å². The van der Waals surface area contributed by atoms with Gasteiger partial charge in [0.2, 0.25) is 12.7 Å². The Morgan fingerprint density at radius 2 is 1.97 bits per heavy atom. The number of urea groups is 1. The number of rotatable bonds is 7. The molecule has 4 amide bonds. The Balaban J connectivity index is 1.50. The molecule has 0 bridgehead atoms. The third-order valence-electron chi connectivity index (χ3n) is 5.41. The molecule has 174 valence electrons. The molecule has 2 aliphatic heterocycles. The van der Waals surface area contributed by atoms with Crippen molar-refractivity contribution in [3.63, 3.8) is 0 Å². The average Bonchev–Trinajstić information content (AvgIpc) is 3.47. The third kappa shape index (κ3) is 4.11. The van der Waals surface area contributed by atoms with Crippen LogP contribution in [-0.2, 0) is 26.3 Å². The Kier molecular flexibility index (Phi) is 5.98. The Morgan fingerprint density at radius 3 is 2.70 bits per heavy atom. The fraction of sp³-hybridized carbons (Fsp3) is 0.364. The molecule has 2 aromatic rings. The van der Waals surface area contributed by atoms with E-state index in [9.17, 15) is 19.2 Å². The Morgan fingerprint density at radius 1 is 1.21 bits per heavy atom. The van der Waals surface area contributed by atoms with Crippen molar-refractivity contribution in [3.05, 3.63) is 40.3 Å². The van der Waals surface area contributed by atoms with E-state index in [1.54, 1.807) is 38.1 Å². The standard InChI is InChI=1S/C22H23N3O7S/c1-4-13-9-14(19(27)30-5-2)18(33-13)23-17(26)10-25-20(28)22(3,24-21(25)29)12-6-7-15-16(8-12)32-11-31-15/h6-9H,4-5,10-11H2,1-3H3,(H,23,26)(H,24,29). The molecule has 1 saturated heterocycles. The monoisotopic (exact) mass is 473 g/mol. The van der Waals surface area contributed by atoms with Gasteiger partial charge in [0.1, 0.15) is 17.1 Å². The molecule has 10 nitrogen and oxygen atoms in total. The smallest absolute Gasteiger partial charge is 0.341 e. The summed E-state index contributed by atoms with van der Waals surface area (Å²) < 4.78 is 15.7. The maximum Gasteiger partial charge on any atom is 0.341 e. The molecule has 33 heavy (non-hydrogen) atoms. The van der Waals surface area contributed by atoms with Crippen molar-refractivity contribution in [3.8, 4) is 11.5 Å². The highest BCUT2D eigenvalue weighted by atomic mass is 32.1. The predicted octanol–water partition coefficient (Wildman–Crippen LogP) is 2.62. The highest BCUT2D eigenvalue weighted by Gasteiger charge is 2.50. The first kappa shape index (κ1) is 22.6. The SMILES string of the molecule is CCOC(=O)c1cc(CC)sc1NC(=O)CN1C(=O)NC(C)(c2ccc3c(c2)OCO3)C1=O. The Labute approximate surface area is 193 Å². The molecule has 0 radical (unpaired) electrons. The lowest BCUT2D eigenvalue weighted by molar-refractivity contribution is -0.133. The number of carbonyl (C=O) groups is 4. The van der Waals surface area contributed by atoms with E-state index < -0.39 is 35.9 Å². The number of hydrogen-bond donors (Lipinski definition) is 2. The topological polar surface area (TPSA) is 123 Å². The number of esters is 1. The summed E-state index contributed by atoms with van der Waals surface area (Å²) in [6.45, 7) is 4.96. The maximum atomic E-state index is 13.2. The second kappa shape index (κ2) is 8.74. The molecule has 2 aliphatic rings. The third-order valence-corrected chi connectivity index (χ3v) is 6.60. The minimum absolute atomic E-state index is 0.0817. The first-order chi connectivity index (χ1) is 15.8. The number of hydrogen-bond acceptors (Lipinski definition) is 8. The minimum atomic E-state index is -1.37. The second-order valence-electron chi connectivity index (χ2n) is 7.59. The van der Waals surface area contributed by atoms with Crippen molar-refractivity contribution in [2.45, 2.75) is 32.7 Å². The van der Waals surface area contributed by atoms with Gasteiger partial charge < -0.3 is 24.8 Å². The van der Waals surface area contributed by atoms with E-state index >= 15 is 0 Å². The zero-order chi connectivity index (χ0) is 23.8. The number of amides is 4. The summed E-state index contributed by atoms with van der Waals surface area (Å²) in [5.41, 5.74) is -0.620. The average molecular weight is 474 g/mol. The van der Waals surface area contributed by atoms with Gasteiger partial charge >= 0.3 is 12.0 Å². The first-order valence-corrected chi connectivity index (χ1v) is 11.2. The van der Waals surface area contributed by atoms with Gasteiger partial charge in [-0.25, -0.2) is 9.59 Å². The molecule has 1 atom stereocenters. The number of nitrogens with one attached hydrogen (secondary N) is 2. The highest BCUT2D eigenvalue weighted by molar-refractivity contribution is 7.16. The van der Waals surface area contributed by atoms with Crippen LogP contribution in [0, 0.1) is 0 Å². The van der Waals surface area contributed by atoms with Crippen molar-refractivity contribution in [1.82, 2.24) is 10.2 Å². The van der Waals surface area contributed by atoms with Crippen molar-refractivity contribution in [2.75, 3.05) is 25.3 Å². The van der Waals surface area contributed by atoms with Gasteiger partial charge in [0.25, 0.3) is 5.91 Å². The zero-order valence-electron chi connectivity index (χ0n) is 18.4. The van der Waals surface area contributed by atoms with E-state index in [1.807, 2.05) is 6.92 Å². The number of aryl methyl sites for hydroxylation is 1. The van der Waals surface area contributed by atoms with E-state index in [0.717, 1.165) is 9.78 Å². The number of anilines is 1. The largest absolute Gasteiger partial charge is 0.462 e. The van der Waals surface area contributed by atoms with Gasteiger partial charge in [-0.05, 0) is 44.0 Å². The van der Waals surface area contributed by atoms with Gasteiger partial charge in [-0.2, -0.15) is 0 Å². The maximum absolute atomic E-state index is 13.2. The number of ether oxygens (including phenoxy) is 3. The van der Waals surface area contributed by atoms with Crippen LogP contribution in [0.3, 0.4) is 0 Å².